The van der Waals surface area contributed by atoms with Gasteiger partial charge in [0, 0.05) is 5.69 Å². The first kappa shape index (κ1) is 17.7. The van der Waals surface area contributed by atoms with Gasteiger partial charge in [-0.3, -0.25) is 4.79 Å². The van der Waals surface area contributed by atoms with Gasteiger partial charge >= 0.3 is 0 Å². The van der Waals surface area contributed by atoms with Crippen LogP contribution in [0, 0.1) is 0 Å². The van der Waals surface area contributed by atoms with Gasteiger partial charge < -0.3 is 22.6 Å². The molecule has 3 N–H and O–H groups in total. The lowest BCUT2D eigenvalue weighted by atomic mass is 10.3. The van der Waals surface area contributed by atoms with Crippen molar-refractivity contribution in [3.05, 3.63) is 24.3 Å². The van der Waals surface area contributed by atoms with Crippen LogP contribution < -0.4 is 22.9 Å². The lowest BCUT2D eigenvalue weighted by molar-refractivity contribution is -0.862. The number of nitrogens with zero attached hydrogens (tertiary/aromatic N) is 1. The van der Waals surface area contributed by atoms with Gasteiger partial charge in [0.1, 0.15) is 0 Å². The maximum atomic E-state index is 11.9. The van der Waals surface area contributed by atoms with E-state index in [0.29, 0.717) is 10.2 Å². The van der Waals surface area contributed by atoms with Crippen molar-refractivity contribution in [3.63, 3.8) is 0 Å². The van der Waals surface area contributed by atoms with E-state index in [-0.39, 0.29) is 23.8 Å². The molecule has 1 rings (SSSR count). The van der Waals surface area contributed by atoms with Crippen LogP contribution in [0.3, 0.4) is 0 Å². The number of carbonyl (C=O) groups excluding carboxylic acids is 1. The topological polar surface area (TPSA) is 89.3 Å². The first-order valence-corrected chi connectivity index (χ1v) is 6.80. The van der Waals surface area contributed by atoms with Gasteiger partial charge in [0.2, 0.25) is 0 Å². The Morgan fingerprint density at radius 3 is 2.11 bits per heavy atom. The van der Waals surface area contributed by atoms with Gasteiger partial charge in [0.25, 0.3) is 15.9 Å². The van der Waals surface area contributed by atoms with Gasteiger partial charge in [-0.1, -0.05) is 0 Å². The number of anilines is 1. The molecule has 0 aliphatic rings. The van der Waals surface area contributed by atoms with Crippen LogP contribution >= 0.6 is 0 Å². The predicted octanol–water partition coefficient (Wildman–Crippen LogP) is -3.22. The summed E-state index contributed by atoms with van der Waals surface area (Å²) >= 11 is 0. The number of nitrogens with two attached hydrogens (primary N) is 1. The summed E-state index contributed by atoms with van der Waals surface area (Å²) in [6.45, 7) is 0.0776. The van der Waals surface area contributed by atoms with Gasteiger partial charge in [-0.25, -0.2) is 13.1 Å². The number of hydrogen-bond donors (Lipinski definition) is 2. The number of likely N-dealkylation sites (N-methyl/N-ethyl adjacent to an activating group) is 1. The molecule has 0 radical (unpaired) electrons. The fourth-order valence-electron chi connectivity index (χ4n) is 1.32. The smallest absolute Gasteiger partial charge is 0.288 e. The molecular formula is C11H18ClN3O3S. The highest BCUT2D eigenvalue weighted by Gasteiger charge is 2.21. The van der Waals surface area contributed by atoms with Crippen LogP contribution in [0.15, 0.2) is 29.2 Å². The van der Waals surface area contributed by atoms with Gasteiger partial charge in [0.15, 0.2) is 6.54 Å². The zero-order valence-electron chi connectivity index (χ0n) is 11.1. The first-order chi connectivity index (χ1) is 8.10. The minimum Gasteiger partial charge on any atom is -1.00 e. The third-order valence-electron chi connectivity index (χ3n) is 2.06. The largest absolute Gasteiger partial charge is 1.00 e. The SMILES string of the molecule is C[N+](C)(C)CC(=O)NS(=O)(=O)c1ccc(N)cc1.[Cl-]. The number of rotatable bonds is 4. The molecule has 0 unspecified atom stereocenters. The van der Waals surface area contributed by atoms with Gasteiger partial charge in [0.05, 0.1) is 26.0 Å². The number of quaternary nitrogens is 1. The zero-order chi connectivity index (χ0) is 14.0. The molecule has 0 aliphatic carbocycles. The Hall–Kier alpha value is -1.31. The Kier molecular flexibility index (Phi) is 5.80. The molecule has 0 heterocycles. The Balaban J connectivity index is 0.00000324. The van der Waals surface area contributed by atoms with Crippen molar-refractivity contribution in [2.24, 2.45) is 0 Å². The Morgan fingerprint density at radius 1 is 1.21 bits per heavy atom. The van der Waals surface area contributed by atoms with Crippen molar-refractivity contribution in [3.8, 4) is 0 Å². The molecule has 0 saturated carbocycles. The molecular weight excluding hydrogens is 290 g/mol. The zero-order valence-corrected chi connectivity index (χ0v) is 12.6. The highest BCUT2D eigenvalue weighted by Crippen LogP contribution is 2.11. The fourth-order valence-corrected chi connectivity index (χ4v) is 2.30. The first-order valence-electron chi connectivity index (χ1n) is 5.32. The van der Waals surface area contributed by atoms with Crippen LogP contribution in [0.2, 0.25) is 0 Å². The predicted molar refractivity (Wildman–Crippen MR) is 69.1 cm³/mol. The molecule has 108 valence electrons. The van der Waals surface area contributed by atoms with E-state index in [0.717, 1.165) is 0 Å². The molecule has 0 aromatic heterocycles. The van der Waals surface area contributed by atoms with Crippen LogP contribution in [-0.2, 0) is 14.8 Å². The summed E-state index contributed by atoms with van der Waals surface area (Å²) in [7, 11) is 1.59. The van der Waals surface area contributed by atoms with Gasteiger partial charge in [-0.15, -0.1) is 0 Å². The summed E-state index contributed by atoms with van der Waals surface area (Å²) < 4.78 is 26.1. The Labute approximate surface area is 119 Å². The quantitative estimate of drug-likeness (QED) is 0.452. The average Bonchev–Trinajstić information content (AvgIpc) is 2.13. The Bertz CT molecular complexity index is 535. The molecule has 8 heteroatoms. The molecule has 19 heavy (non-hydrogen) atoms. The van der Waals surface area contributed by atoms with Crippen LogP contribution in [0.1, 0.15) is 0 Å². The van der Waals surface area contributed by atoms with Crippen molar-refractivity contribution in [2.45, 2.75) is 4.90 Å². The standard InChI is InChI=1S/C11H17N3O3S.ClH/c1-14(2,3)8-11(15)13-18(16,17)10-6-4-9(12)5-7-10;/h4-7H,8,12H2,1-3H3;1H. The summed E-state index contributed by atoms with van der Waals surface area (Å²) in [5.41, 5.74) is 5.93. The molecule has 0 atom stereocenters. The van der Waals surface area contributed by atoms with Crippen molar-refractivity contribution >= 4 is 21.6 Å². The highest BCUT2D eigenvalue weighted by atomic mass is 35.5. The minimum atomic E-state index is -3.81. The molecule has 0 spiro atoms. The summed E-state index contributed by atoms with van der Waals surface area (Å²) in [6.07, 6.45) is 0. The summed E-state index contributed by atoms with van der Waals surface area (Å²) in [5, 5.41) is 0. The van der Waals surface area contributed by atoms with Crippen molar-refractivity contribution < 1.29 is 30.1 Å². The second-order valence-corrected chi connectivity index (χ2v) is 6.73. The molecule has 0 aliphatic heterocycles. The van der Waals surface area contributed by atoms with Crippen molar-refractivity contribution in [1.29, 1.82) is 0 Å². The third-order valence-corrected chi connectivity index (χ3v) is 3.45. The van der Waals surface area contributed by atoms with Gasteiger partial charge in [-0.2, -0.15) is 0 Å². The van der Waals surface area contributed by atoms with Crippen molar-refractivity contribution in [2.75, 3.05) is 33.4 Å². The molecule has 1 amide bonds. The maximum absolute atomic E-state index is 11.9. The molecule has 1 aromatic carbocycles. The second-order valence-electron chi connectivity index (χ2n) is 5.05. The second kappa shape index (κ2) is 6.23. The fraction of sp³-hybridized carbons (Fsp3) is 0.364. The van der Waals surface area contributed by atoms with Crippen LogP contribution in [-0.4, -0.2) is 46.5 Å². The lowest BCUT2D eigenvalue weighted by Gasteiger charge is -2.22. The number of halogens is 1. The van der Waals surface area contributed by atoms with Crippen LogP contribution in [0.5, 0.6) is 0 Å². The maximum Gasteiger partial charge on any atom is 0.288 e. The van der Waals surface area contributed by atoms with Gasteiger partial charge in [-0.05, 0) is 24.3 Å². The minimum absolute atomic E-state index is 0. The number of hydrogen-bond acceptors (Lipinski definition) is 4. The van der Waals surface area contributed by atoms with E-state index in [9.17, 15) is 13.2 Å². The number of carbonyl (C=O) groups is 1. The van der Waals surface area contributed by atoms with Crippen molar-refractivity contribution in [1.82, 2.24) is 4.72 Å². The number of benzene rings is 1. The van der Waals surface area contributed by atoms with E-state index in [4.69, 9.17) is 5.73 Å². The van der Waals surface area contributed by atoms with Crippen LogP contribution in [0.25, 0.3) is 0 Å². The Morgan fingerprint density at radius 2 is 1.68 bits per heavy atom. The molecule has 6 nitrogen and oxygen atoms in total. The molecule has 0 bridgehead atoms. The van der Waals surface area contributed by atoms with E-state index in [1.807, 2.05) is 4.72 Å². The number of nitrogens with one attached hydrogen (secondary N) is 1. The van der Waals surface area contributed by atoms with E-state index in [2.05, 4.69) is 0 Å². The van der Waals surface area contributed by atoms with E-state index in [1.54, 1.807) is 21.1 Å². The van der Waals surface area contributed by atoms with Crippen LogP contribution in [0.4, 0.5) is 5.69 Å². The highest BCUT2D eigenvalue weighted by molar-refractivity contribution is 7.90. The normalized spacial score (nSPS) is 11.5. The summed E-state index contributed by atoms with van der Waals surface area (Å²) in [4.78, 5) is 11.6. The summed E-state index contributed by atoms with van der Waals surface area (Å²) in [6, 6.07) is 5.66. The third kappa shape index (κ3) is 5.91. The van der Waals surface area contributed by atoms with E-state index in [1.165, 1.54) is 24.3 Å². The molecule has 0 saturated heterocycles. The average molecular weight is 308 g/mol. The molecule has 1 aromatic rings. The monoisotopic (exact) mass is 307 g/mol. The number of amides is 1. The van der Waals surface area contributed by atoms with E-state index < -0.39 is 15.9 Å². The summed E-state index contributed by atoms with van der Waals surface area (Å²) in [5.74, 6) is -0.542. The molecule has 0 fully saturated rings. The lowest BCUT2D eigenvalue weighted by Crippen LogP contribution is -3.00. The van der Waals surface area contributed by atoms with E-state index >= 15 is 0 Å². The number of sulfonamides is 1. The number of nitrogen functional groups attached to an aromatic ring is 1.